The first-order valence-electron chi connectivity index (χ1n) is 8.62. The number of anilines is 1. The number of amides is 2. The standard InChI is InChI=1S/C20H22N2O2/c23-13-14-7-9-22(10-8-14)20(24)21-17-5-6-19-16(12-17)11-15-3-1-2-4-18(15)19/h1-6,12,14,23H,7-11,13H2,(H,21,24). The van der Waals surface area contributed by atoms with E-state index in [0.29, 0.717) is 19.0 Å². The van der Waals surface area contributed by atoms with Gasteiger partial charge >= 0.3 is 6.03 Å². The summed E-state index contributed by atoms with van der Waals surface area (Å²) in [4.78, 5) is 14.3. The van der Waals surface area contributed by atoms with Gasteiger partial charge in [-0.2, -0.15) is 0 Å². The quantitative estimate of drug-likeness (QED) is 0.759. The lowest BCUT2D eigenvalue weighted by molar-refractivity contribution is 0.143. The molecule has 24 heavy (non-hydrogen) atoms. The van der Waals surface area contributed by atoms with Gasteiger partial charge in [-0.3, -0.25) is 0 Å². The maximum Gasteiger partial charge on any atom is 0.321 e. The van der Waals surface area contributed by atoms with E-state index in [9.17, 15) is 9.90 Å². The molecule has 1 heterocycles. The predicted octanol–water partition coefficient (Wildman–Crippen LogP) is 3.49. The lowest BCUT2D eigenvalue weighted by Gasteiger charge is -2.31. The summed E-state index contributed by atoms with van der Waals surface area (Å²) < 4.78 is 0. The number of carbonyl (C=O) groups excluding carboxylic acids is 1. The Labute approximate surface area is 142 Å². The van der Waals surface area contributed by atoms with Crippen LogP contribution in [-0.4, -0.2) is 35.7 Å². The van der Waals surface area contributed by atoms with E-state index in [4.69, 9.17) is 0 Å². The van der Waals surface area contributed by atoms with Gasteiger partial charge in [-0.1, -0.05) is 30.3 Å². The summed E-state index contributed by atoms with van der Waals surface area (Å²) in [6.07, 6.45) is 2.68. The van der Waals surface area contributed by atoms with Crippen molar-refractivity contribution in [1.29, 1.82) is 0 Å². The third-order valence-electron chi connectivity index (χ3n) is 5.20. The summed E-state index contributed by atoms with van der Waals surface area (Å²) in [6, 6.07) is 14.6. The van der Waals surface area contributed by atoms with Crippen LogP contribution in [0.3, 0.4) is 0 Å². The van der Waals surface area contributed by atoms with Gasteiger partial charge in [-0.05, 0) is 59.6 Å². The van der Waals surface area contributed by atoms with Crippen molar-refractivity contribution in [2.24, 2.45) is 5.92 Å². The number of piperidine rings is 1. The van der Waals surface area contributed by atoms with Gasteiger partial charge < -0.3 is 15.3 Å². The fourth-order valence-corrected chi connectivity index (χ4v) is 3.74. The number of nitrogens with one attached hydrogen (secondary N) is 1. The third kappa shape index (κ3) is 2.78. The van der Waals surface area contributed by atoms with Crippen LogP contribution in [-0.2, 0) is 6.42 Å². The minimum Gasteiger partial charge on any atom is -0.396 e. The number of urea groups is 1. The summed E-state index contributed by atoms with van der Waals surface area (Å²) >= 11 is 0. The molecule has 0 aromatic heterocycles. The van der Waals surface area contributed by atoms with Gasteiger partial charge in [0.2, 0.25) is 0 Å². The van der Waals surface area contributed by atoms with Crippen molar-refractivity contribution in [3.8, 4) is 11.1 Å². The Bertz CT molecular complexity index is 764. The van der Waals surface area contributed by atoms with Crippen LogP contribution in [0.15, 0.2) is 42.5 Å². The molecular formula is C20H22N2O2. The zero-order chi connectivity index (χ0) is 16.5. The number of rotatable bonds is 2. The van der Waals surface area contributed by atoms with Crippen LogP contribution >= 0.6 is 0 Å². The molecule has 1 aliphatic heterocycles. The van der Waals surface area contributed by atoms with Gasteiger partial charge in [0.05, 0.1) is 0 Å². The lowest BCUT2D eigenvalue weighted by Crippen LogP contribution is -2.41. The van der Waals surface area contributed by atoms with E-state index in [-0.39, 0.29) is 12.6 Å². The molecule has 0 radical (unpaired) electrons. The molecule has 124 valence electrons. The molecule has 4 nitrogen and oxygen atoms in total. The van der Waals surface area contributed by atoms with Crippen molar-refractivity contribution in [3.05, 3.63) is 53.6 Å². The zero-order valence-electron chi connectivity index (χ0n) is 13.7. The maximum atomic E-state index is 12.4. The highest BCUT2D eigenvalue weighted by Crippen LogP contribution is 2.37. The Morgan fingerprint density at radius 1 is 1.08 bits per heavy atom. The fourth-order valence-electron chi connectivity index (χ4n) is 3.74. The van der Waals surface area contributed by atoms with E-state index in [2.05, 4.69) is 41.7 Å². The molecule has 0 saturated carbocycles. The molecule has 4 heteroatoms. The van der Waals surface area contributed by atoms with Crippen LogP contribution in [0.4, 0.5) is 10.5 Å². The molecule has 4 rings (SSSR count). The van der Waals surface area contributed by atoms with Crippen molar-refractivity contribution in [2.75, 3.05) is 25.0 Å². The van der Waals surface area contributed by atoms with Gasteiger partial charge in [0.1, 0.15) is 0 Å². The number of aliphatic hydroxyl groups is 1. The highest BCUT2D eigenvalue weighted by molar-refractivity contribution is 5.90. The first kappa shape index (κ1) is 15.2. The smallest absolute Gasteiger partial charge is 0.321 e. The second-order valence-electron chi connectivity index (χ2n) is 6.75. The number of hydrogen-bond acceptors (Lipinski definition) is 2. The monoisotopic (exact) mass is 322 g/mol. The van der Waals surface area contributed by atoms with E-state index in [1.165, 1.54) is 22.3 Å². The highest BCUT2D eigenvalue weighted by Gasteiger charge is 2.23. The van der Waals surface area contributed by atoms with Crippen molar-refractivity contribution in [2.45, 2.75) is 19.3 Å². The number of benzene rings is 2. The van der Waals surface area contributed by atoms with E-state index in [0.717, 1.165) is 24.9 Å². The Hall–Kier alpha value is -2.33. The SMILES string of the molecule is O=C(Nc1ccc2c(c1)Cc1ccccc1-2)N1CCC(CO)CC1. The molecule has 0 spiro atoms. The summed E-state index contributed by atoms with van der Waals surface area (Å²) in [7, 11) is 0. The third-order valence-corrected chi connectivity index (χ3v) is 5.20. The van der Waals surface area contributed by atoms with Gasteiger partial charge in [0.25, 0.3) is 0 Å². The van der Waals surface area contributed by atoms with Crippen LogP contribution in [0.1, 0.15) is 24.0 Å². The molecule has 0 atom stereocenters. The number of likely N-dealkylation sites (tertiary alicyclic amines) is 1. The van der Waals surface area contributed by atoms with Crippen molar-refractivity contribution in [3.63, 3.8) is 0 Å². The minimum atomic E-state index is -0.0400. The van der Waals surface area contributed by atoms with Crippen LogP contribution in [0, 0.1) is 5.92 Å². The van der Waals surface area contributed by atoms with Crippen molar-refractivity contribution >= 4 is 11.7 Å². The minimum absolute atomic E-state index is 0.0400. The highest BCUT2D eigenvalue weighted by atomic mass is 16.3. The van der Waals surface area contributed by atoms with Gasteiger partial charge in [0.15, 0.2) is 0 Å². The van der Waals surface area contributed by atoms with Crippen molar-refractivity contribution in [1.82, 2.24) is 4.90 Å². The first-order chi connectivity index (χ1) is 11.7. The number of fused-ring (bicyclic) bond motifs is 3. The molecule has 2 aliphatic rings. The van der Waals surface area contributed by atoms with Gasteiger partial charge in [-0.15, -0.1) is 0 Å². The molecule has 1 fully saturated rings. The Balaban J connectivity index is 1.45. The second-order valence-corrected chi connectivity index (χ2v) is 6.75. The normalized spacial score (nSPS) is 16.6. The Kier molecular flexibility index (Phi) is 3.98. The first-order valence-corrected chi connectivity index (χ1v) is 8.62. The largest absolute Gasteiger partial charge is 0.396 e. The fraction of sp³-hybridized carbons (Fsp3) is 0.350. The Morgan fingerprint density at radius 3 is 2.62 bits per heavy atom. The lowest BCUT2D eigenvalue weighted by atomic mass is 9.98. The molecule has 2 aromatic rings. The van der Waals surface area contributed by atoms with Gasteiger partial charge in [-0.25, -0.2) is 4.79 Å². The second kappa shape index (κ2) is 6.29. The molecule has 0 unspecified atom stereocenters. The summed E-state index contributed by atoms with van der Waals surface area (Å²) in [5.41, 5.74) is 6.05. The Morgan fingerprint density at radius 2 is 1.83 bits per heavy atom. The van der Waals surface area contributed by atoms with E-state index in [1.54, 1.807) is 0 Å². The predicted molar refractivity (Wildman–Crippen MR) is 95.1 cm³/mol. The van der Waals surface area contributed by atoms with Crippen LogP contribution in [0.2, 0.25) is 0 Å². The topological polar surface area (TPSA) is 52.6 Å². The van der Waals surface area contributed by atoms with E-state index >= 15 is 0 Å². The van der Waals surface area contributed by atoms with Crippen LogP contribution < -0.4 is 5.32 Å². The molecule has 2 aromatic carbocycles. The molecule has 0 bridgehead atoms. The van der Waals surface area contributed by atoms with Crippen molar-refractivity contribution < 1.29 is 9.90 Å². The number of hydrogen-bond donors (Lipinski definition) is 2. The summed E-state index contributed by atoms with van der Waals surface area (Å²) in [5.74, 6) is 0.340. The molecule has 1 aliphatic carbocycles. The molecule has 1 saturated heterocycles. The van der Waals surface area contributed by atoms with Gasteiger partial charge in [0, 0.05) is 25.4 Å². The van der Waals surface area contributed by atoms with Crippen LogP contribution in [0.5, 0.6) is 0 Å². The number of aliphatic hydroxyl groups excluding tert-OH is 1. The number of carbonyl (C=O) groups is 1. The average Bonchev–Trinajstić information content (AvgIpc) is 2.99. The summed E-state index contributed by atoms with van der Waals surface area (Å²) in [5, 5.41) is 12.2. The maximum absolute atomic E-state index is 12.4. The average molecular weight is 322 g/mol. The summed E-state index contributed by atoms with van der Waals surface area (Å²) in [6.45, 7) is 1.65. The van der Waals surface area contributed by atoms with Crippen LogP contribution in [0.25, 0.3) is 11.1 Å². The zero-order valence-corrected chi connectivity index (χ0v) is 13.7. The van der Waals surface area contributed by atoms with E-state index in [1.807, 2.05) is 11.0 Å². The van der Waals surface area contributed by atoms with E-state index < -0.39 is 0 Å². The number of nitrogens with zero attached hydrogens (tertiary/aromatic N) is 1. The molecule has 2 amide bonds. The molecular weight excluding hydrogens is 300 g/mol. The molecule has 2 N–H and O–H groups in total.